The summed E-state index contributed by atoms with van der Waals surface area (Å²) in [4.78, 5) is 2.04. The predicted molar refractivity (Wildman–Crippen MR) is 81.4 cm³/mol. The van der Waals surface area contributed by atoms with Crippen molar-refractivity contribution < 1.29 is 5.11 Å². The van der Waals surface area contributed by atoms with Crippen LogP contribution in [0.2, 0.25) is 0 Å². The van der Waals surface area contributed by atoms with Crippen molar-refractivity contribution in [3.8, 4) is 5.69 Å². The van der Waals surface area contributed by atoms with Crippen LogP contribution in [0.5, 0.6) is 0 Å². The van der Waals surface area contributed by atoms with Crippen molar-refractivity contribution >= 4 is 5.82 Å². The molecule has 0 amide bonds. The Morgan fingerprint density at radius 1 is 1.30 bits per heavy atom. The number of aromatic nitrogens is 2. The second-order valence-corrected chi connectivity index (χ2v) is 4.81. The van der Waals surface area contributed by atoms with Gasteiger partial charge in [-0.05, 0) is 26.1 Å². The Labute approximate surface area is 119 Å². The zero-order valence-electron chi connectivity index (χ0n) is 12.3. The second kappa shape index (κ2) is 6.54. The third kappa shape index (κ3) is 2.84. The minimum Gasteiger partial charge on any atom is -0.395 e. The van der Waals surface area contributed by atoms with Gasteiger partial charge in [-0.15, -0.1) is 0 Å². The number of aryl methyl sites for hydroxylation is 1. The molecule has 0 fully saturated rings. The molecule has 2 N–H and O–H groups in total. The lowest BCUT2D eigenvalue weighted by Gasteiger charge is -2.21. The van der Waals surface area contributed by atoms with E-state index in [4.69, 9.17) is 0 Å². The minimum absolute atomic E-state index is 0.120. The van der Waals surface area contributed by atoms with Crippen molar-refractivity contribution in [3.05, 3.63) is 41.6 Å². The number of hydrogen-bond donors (Lipinski definition) is 2. The number of nitrogens with one attached hydrogen (secondary N) is 1. The zero-order valence-corrected chi connectivity index (χ0v) is 12.3. The molecule has 0 bridgehead atoms. The second-order valence-electron chi connectivity index (χ2n) is 4.81. The molecule has 2 aromatic rings. The topological polar surface area (TPSA) is 53.3 Å². The third-order valence-corrected chi connectivity index (χ3v) is 3.31. The molecule has 5 nitrogen and oxygen atoms in total. The van der Waals surface area contributed by atoms with Gasteiger partial charge in [-0.25, -0.2) is 4.68 Å². The quantitative estimate of drug-likeness (QED) is 0.834. The van der Waals surface area contributed by atoms with Crippen molar-refractivity contribution in [2.75, 3.05) is 32.1 Å². The zero-order chi connectivity index (χ0) is 14.5. The standard InChI is InChI=1S/C15H22N4O/c1-12-14(11-16-2)15(18(3)9-10-20)19(17-12)13-7-5-4-6-8-13/h4-8,16,20H,9-11H2,1-3H3. The maximum Gasteiger partial charge on any atom is 0.136 e. The first kappa shape index (κ1) is 14.6. The smallest absolute Gasteiger partial charge is 0.136 e. The summed E-state index contributed by atoms with van der Waals surface area (Å²) in [5.41, 5.74) is 3.19. The third-order valence-electron chi connectivity index (χ3n) is 3.31. The number of hydrogen-bond acceptors (Lipinski definition) is 4. The van der Waals surface area contributed by atoms with E-state index in [1.807, 2.05) is 60.9 Å². The van der Waals surface area contributed by atoms with Gasteiger partial charge in [0.1, 0.15) is 5.82 Å². The summed E-state index contributed by atoms with van der Waals surface area (Å²) in [5, 5.41) is 17.0. The van der Waals surface area contributed by atoms with Gasteiger partial charge in [-0.1, -0.05) is 18.2 Å². The normalized spacial score (nSPS) is 10.8. The van der Waals surface area contributed by atoms with Gasteiger partial charge in [0.2, 0.25) is 0 Å². The molecule has 0 unspecified atom stereocenters. The van der Waals surface area contributed by atoms with E-state index in [0.29, 0.717) is 6.54 Å². The Kier molecular flexibility index (Phi) is 4.76. The molecule has 0 saturated carbocycles. The Balaban J connectivity index is 2.53. The molecular formula is C15H22N4O. The SMILES string of the molecule is CNCc1c(C)nn(-c2ccccc2)c1N(C)CCO. The molecule has 1 aromatic heterocycles. The van der Waals surface area contributed by atoms with Crippen LogP contribution in [0.15, 0.2) is 30.3 Å². The number of benzene rings is 1. The summed E-state index contributed by atoms with van der Waals surface area (Å²) in [7, 11) is 3.90. The number of nitrogens with zero attached hydrogens (tertiary/aromatic N) is 3. The fourth-order valence-electron chi connectivity index (χ4n) is 2.33. The summed E-state index contributed by atoms with van der Waals surface area (Å²) in [6.07, 6.45) is 0. The average Bonchev–Trinajstić information content (AvgIpc) is 2.78. The summed E-state index contributed by atoms with van der Waals surface area (Å²) in [6.45, 7) is 3.47. The molecular weight excluding hydrogens is 252 g/mol. The van der Waals surface area contributed by atoms with Crippen LogP contribution in [-0.4, -0.2) is 42.1 Å². The van der Waals surface area contributed by atoms with Crippen LogP contribution in [-0.2, 0) is 6.54 Å². The molecule has 1 aromatic carbocycles. The van der Waals surface area contributed by atoms with Crippen LogP contribution in [0.3, 0.4) is 0 Å². The number of rotatable bonds is 6. The fraction of sp³-hybridized carbons (Fsp3) is 0.400. The highest BCUT2D eigenvalue weighted by Crippen LogP contribution is 2.26. The Bertz CT molecular complexity index is 551. The highest BCUT2D eigenvalue weighted by Gasteiger charge is 2.18. The van der Waals surface area contributed by atoms with Gasteiger partial charge in [0, 0.05) is 25.7 Å². The number of aliphatic hydroxyl groups is 1. The number of likely N-dealkylation sites (N-methyl/N-ethyl adjacent to an activating group) is 1. The van der Waals surface area contributed by atoms with Crippen molar-refractivity contribution in [3.63, 3.8) is 0 Å². The van der Waals surface area contributed by atoms with E-state index in [-0.39, 0.29) is 6.61 Å². The monoisotopic (exact) mass is 274 g/mol. The number of para-hydroxylation sites is 1. The van der Waals surface area contributed by atoms with Gasteiger partial charge in [-0.2, -0.15) is 5.10 Å². The van der Waals surface area contributed by atoms with Crippen LogP contribution in [0.4, 0.5) is 5.82 Å². The summed E-state index contributed by atoms with van der Waals surface area (Å²) < 4.78 is 1.94. The lowest BCUT2D eigenvalue weighted by Crippen LogP contribution is -2.25. The molecule has 20 heavy (non-hydrogen) atoms. The number of anilines is 1. The van der Waals surface area contributed by atoms with Crippen molar-refractivity contribution in [2.24, 2.45) is 0 Å². The first-order chi connectivity index (χ1) is 9.69. The van der Waals surface area contributed by atoms with Crippen LogP contribution in [0, 0.1) is 6.92 Å². The molecule has 0 aliphatic rings. The number of aliphatic hydroxyl groups excluding tert-OH is 1. The van der Waals surface area contributed by atoms with Gasteiger partial charge in [-0.3, -0.25) is 0 Å². The Morgan fingerprint density at radius 3 is 2.60 bits per heavy atom. The van der Waals surface area contributed by atoms with Gasteiger partial charge >= 0.3 is 0 Å². The van der Waals surface area contributed by atoms with Crippen LogP contribution in [0.1, 0.15) is 11.3 Å². The molecule has 0 aliphatic carbocycles. The Hall–Kier alpha value is -1.85. The lowest BCUT2D eigenvalue weighted by molar-refractivity contribution is 0.303. The molecule has 0 spiro atoms. The van der Waals surface area contributed by atoms with E-state index in [1.54, 1.807) is 0 Å². The fourth-order valence-corrected chi connectivity index (χ4v) is 2.33. The van der Waals surface area contributed by atoms with Crippen LogP contribution in [0.25, 0.3) is 5.69 Å². The molecule has 1 heterocycles. The molecule has 0 radical (unpaired) electrons. The van der Waals surface area contributed by atoms with E-state index < -0.39 is 0 Å². The summed E-state index contributed by atoms with van der Waals surface area (Å²) >= 11 is 0. The van der Waals surface area contributed by atoms with Crippen molar-refractivity contribution in [1.82, 2.24) is 15.1 Å². The van der Waals surface area contributed by atoms with E-state index >= 15 is 0 Å². The largest absolute Gasteiger partial charge is 0.395 e. The van der Waals surface area contributed by atoms with Gasteiger partial charge in [0.05, 0.1) is 18.0 Å². The molecule has 5 heteroatoms. The predicted octanol–water partition coefficient (Wildman–Crippen LogP) is 1.33. The maximum absolute atomic E-state index is 9.20. The summed E-state index contributed by atoms with van der Waals surface area (Å²) in [5.74, 6) is 1.03. The summed E-state index contributed by atoms with van der Waals surface area (Å²) in [6, 6.07) is 10.1. The molecule has 0 atom stereocenters. The first-order valence-corrected chi connectivity index (χ1v) is 6.79. The van der Waals surface area contributed by atoms with Crippen molar-refractivity contribution in [1.29, 1.82) is 0 Å². The van der Waals surface area contributed by atoms with Gasteiger partial charge in [0.25, 0.3) is 0 Å². The first-order valence-electron chi connectivity index (χ1n) is 6.79. The molecule has 108 valence electrons. The van der Waals surface area contributed by atoms with E-state index in [0.717, 1.165) is 29.3 Å². The minimum atomic E-state index is 0.120. The lowest BCUT2D eigenvalue weighted by atomic mass is 10.2. The van der Waals surface area contributed by atoms with Gasteiger partial charge < -0.3 is 15.3 Å². The Morgan fingerprint density at radius 2 is 2.00 bits per heavy atom. The highest BCUT2D eigenvalue weighted by molar-refractivity contribution is 5.54. The van der Waals surface area contributed by atoms with Crippen molar-refractivity contribution in [2.45, 2.75) is 13.5 Å². The van der Waals surface area contributed by atoms with E-state index in [2.05, 4.69) is 10.4 Å². The van der Waals surface area contributed by atoms with E-state index in [9.17, 15) is 5.11 Å². The van der Waals surface area contributed by atoms with Gasteiger partial charge in [0.15, 0.2) is 0 Å². The van der Waals surface area contributed by atoms with Crippen LogP contribution >= 0.6 is 0 Å². The molecule has 0 saturated heterocycles. The molecule has 2 rings (SSSR count). The maximum atomic E-state index is 9.20. The van der Waals surface area contributed by atoms with Crippen LogP contribution < -0.4 is 10.2 Å². The highest BCUT2D eigenvalue weighted by atomic mass is 16.3. The van der Waals surface area contributed by atoms with E-state index in [1.165, 1.54) is 0 Å². The average molecular weight is 274 g/mol. The molecule has 0 aliphatic heterocycles.